The third kappa shape index (κ3) is 5.41. The zero-order valence-corrected chi connectivity index (χ0v) is 16.2. The molecule has 0 spiro atoms. The highest BCUT2D eigenvalue weighted by Crippen LogP contribution is 2.15. The van der Waals surface area contributed by atoms with Crippen molar-refractivity contribution in [2.45, 2.75) is 13.3 Å². The van der Waals surface area contributed by atoms with Crippen molar-refractivity contribution in [3.05, 3.63) is 88.7 Å². The second-order valence-corrected chi connectivity index (χ2v) is 6.79. The summed E-state index contributed by atoms with van der Waals surface area (Å²) in [6, 6.07) is 16.3. The molecule has 0 radical (unpaired) electrons. The van der Waals surface area contributed by atoms with Crippen LogP contribution in [0.15, 0.2) is 67.0 Å². The van der Waals surface area contributed by atoms with Crippen LogP contribution in [0.1, 0.15) is 33.2 Å². The van der Waals surface area contributed by atoms with Crippen molar-refractivity contribution in [2.75, 3.05) is 17.2 Å². The smallest absolute Gasteiger partial charge is 0.257 e. The fourth-order valence-corrected chi connectivity index (χ4v) is 2.81. The number of anilines is 2. The minimum atomic E-state index is -0.283. The van der Waals surface area contributed by atoms with Crippen molar-refractivity contribution in [1.82, 2.24) is 4.98 Å². The second-order valence-electron chi connectivity index (χ2n) is 6.36. The summed E-state index contributed by atoms with van der Waals surface area (Å²) in [4.78, 5) is 28.1. The van der Waals surface area contributed by atoms with E-state index in [1.54, 1.807) is 36.5 Å². The Morgan fingerprint density at radius 3 is 2.46 bits per heavy atom. The van der Waals surface area contributed by atoms with Crippen molar-refractivity contribution in [3.63, 3.8) is 0 Å². The summed E-state index contributed by atoms with van der Waals surface area (Å²) in [5.41, 5.74) is 3.49. The summed E-state index contributed by atoms with van der Waals surface area (Å²) in [7, 11) is 0. The number of carbonyl (C=O) groups excluding carboxylic acids is 2. The lowest BCUT2D eigenvalue weighted by Crippen LogP contribution is -2.13. The van der Waals surface area contributed by atoms with Crippen molar-refractivity contribution >= 4 is 34.7 Å². The van der Waals surface area contributed by atoms with Gasteiger partial charge in [-0.25, -0.2) is 0 Å². The van der Waals surface area contributed by atoms with E-state index in [4.69, 9.17) is 11.6 Å². The molecule has 3 aromatic rings. The SMILES string of the molecule is CC(=O)c1cccc(NC(=O)c2cncc(NCCc3ccc(Cl)cc3)c2)c1. The molecular weight excluding hydrogens is 374 g/mol. The first-order valence-electron chi connectivity index (χ1n) is 8.87. The first kappa shape index (κ1) is 19.6. The molecule has 0 aliphatic carbocycles. The van der Waals surface area contributed by atoms with E-state index in [0.29, 0.717) is 28.4 Å². The zero-order valence-electron chi connectivity index (χ0n) is 15.4. The van der Waals surface area contributed by atoms with Crippen LogP contribution in [0.3, 0.4) is 0 Å². The number of halogens is 1. The number of ketones is 1. The van der Waals surface area contributed by atoms with Gasteiger partial charge in [0.1, 0.15) is 0 Å². The standard InChI is InChI=1S/C22H20ClN3O2/c1-15(27)17-3-2-4-20(11-17)26-22(28)18-12-21(14-24-13-18)25-10-9-16-5-7-19(23)8-6-16/h2-8,11-14,25H,9-10H2,1H3,(H,26,28). The number of hydrogen-bond acceptors (Lipinski definition) is 4. The van der Waals surface area contributed by atoms with E-state index in [-0.39, 0.29) is 11.7 Å². The van der Waals surface area contributed by atoms with Crippen LogP contribution in [0.5, 0.6) is 0 Å². The molecule has 28 heavy (non-hydrogen) atoms. The van der Waals surface area contributed by atoms with E-state index in [1.165, 1.54) is 18.7 Å². The summed E-state index contributed by atoms with van der Waals surface area (Å²) in [6.07, 6.45) is 4.01. The number of aromatic nitrogens is 1. The molecule has 0 bridgehead atoms. The minimum absolute atomic E-state index is 0.0512. The van der Waals surface area contributed by atoms with Gasteiger partial charge in [-0.15, -0.1) is 0 Å². The van der Waals surface area contributed by atoms with Crippen molar-refractivity contribution < 1.29 is 9.59 Å². The molecule has 0 saturated heterocycles. The quantitative estimate of drug-likeness (QED) is 0.563. The highest BCUT2D eigenvalue weighted by molar-refractivity contribution is 6.30. The number of amides is 1. The second kappa shape index (κ2) is 9.15. The van der Waals surface area contributed by atoms with Crippen LogP contribution in [0, 0.1) is 0 Å². The Morgan fingerprint density at radius 2 is 1.71 bits per heavy atom. The predicted molar refractivity (Wildman–Crippen MR) is 112 cm³/mol. The summed E-state index contributed by atoms with van der Waals surface area (Å²) in [5, 5.41) is 6.78. The zero-order chi connectivity index (χ0) is 19.9. The van der Waals surface area contributed by atoms with Crippen molar-refractivity contribution in [2.24, 2.45) is 0 Å². The van der Waals surface area contributed by atoms with E-state index in [2.05, 4.69) is 15.6 Å². The van der Waals surface area contributed by atoms with Crippen LogP contribution in [0.4, 0.5) is 11.4 Å². The molecule has 2 N–H and O–H groups in total. The number of pyridine rings is 1. The van der Waals surface area contributed by atoms with Crippen LogP contribution in [0.25, 0.3) is 0 Å². The first-order chi connectivity index (χ1) is 13.5. The van der Waals surface area contributed by atoms with Gasteiger partial charge in [0.2, 0.25) is 0 Å². The Hall–Kier alpha value is -3.18. The summed E-state index contributed by atoms with van der Waals surface area (Å²) >= 11 is 5.89. The van der Waals surface area contributed by atoms with E-state index >= 15 is 0 Å². The Morgan fingerprint density at radius 1 is 0.964 bits per heavy atom. The number of carbonyl (C=O) groups is 2. The maximum atomic E-state index is 12.5. The van der Waals surface area contributed by atoms with Gasteiger partial charge >= 0.3 is 0 Å². The largest absolute Gasteiger partial charge is 0.383 e. The van der Waals surface area contributed by atoms with E-state index < -0.39 is 0 Å². The van der Waals surface area contributed by atoms with Gasteiger partial charge in [-0.1, -0.05) is 35.9 Å². The number of rotatable bonds is 7. The normalized spacial score (nSPS) is 10.4. The molecule has 6 heteroatoms. The molecule has 0 atom stereocenters. The maximum Gasteiger partial charge on any atom is 0.257 e. The lowest BCUT2D eigenvalue weighted by atomic mass is 10.1. The van der Waals surface area contributed by atoms with Gasteiger partial charge in [0.05, 0.1) is 11.3 Å². The molecular formula is C22H20ClN3O2. The molecule has 2 aromatic carbocycles. The summed E-state index contributed by atoms with van der Waals surface area (Å²) < 4.78 is 0. The lowest BCUT2D eigenvalue weighted by Gasteiger charge is -2.09. The Labute approximate surface area is 168 Å². The van der Waals surface area contributed by atoms with Crippen LogP contribution >= 0.6 is 11.6 Å². The molecule has 0 saturated carbocycles. The highest BCUT2D eigenvalue weighted by Gasteiger charge is 2.09. The van der Waals surface area contributed by atoms with Crippen LogP contribution < -0.4 is 10.6 Å². The van der Waals surface area contributed by atoms with Gasteiger partial charge in [0, 0.05) is 35.2 Å². The molecule has 0 fully saturated rings. The topological polar surface area (TPSA) is 71.1 Å². The van der Waals surface area contributed by atoms with Crippen LogP contribution in [-0.2, 0) is 6.42 Å². The van der Waals surface area contributed by atoms with Crippen LogP contribution in [0.2, 0.25) is 5.02 Å². The Bertz CT molecular complexity index is 987. The van der Waals surface area contributed by atoms with Gasteiger partial charge in [-0.3, -0.25) is 14.6 Å². The van der Waals surface area contributed by atoms with Crippen LogP contribution in [-0.4, -0.2) is 23.2 Å². The molecule has 3 rings (SSSR count). The minimum Gasteiger partial charge on any atom is -0.383 e. The van der Waals surface area contributed by atoms with Gasteiger partial charge in [-0.05, 0) is 49.2 Å². The average Bonchev–Trinajstić information content (AvgIpc) is 2.70. The fraction of sp³-hybridized carbons (Fsp3) is 0.136. The third-order valence-corrected chi connectivity index (χ3v) is 4.44. The highest BCUT2D eigenvalue weighted by atomic mass is 35.5. The Kier molecular flexibility index (Phi) is 6.40. The molecule has 0 aliphatic rings. The molecule has 1 aromatic heterocycles. The third-order valence-electron chi connectivity index (χ3n) is 4.18. The van der Waals surface area contributed by atoms with E-state index in [0.717, 1.165) is 12.1 Å². The van der Waals surface area contributed by atoms with Crippen molar-refractivity contribution in [1.29, 1.82) is 0 Å². The summed E-state index contributed by atoms with van der Waals surface area (Å²) in [5.74, 6) is -0.334. The van der Waals surface area contributed by atoms with Gasteiger partial charge in [-0.2, -0.15) is 0 Å². The monoisotopic (exact) mass is 393 g/mol. The van der Waals surface area contributed by atoms with Crippen molar-refractivity contribution in [3.8, 4) is 0 Å². The predicted octanol–water partition coefficient (Wildman–Crippen LogP) is 4.84. The molecule has 1 heterocycles. The Balaban J connectivity index is 1.60. The number of nitrogens with zero attached hydrogens (tertiary/aromatic N) is 1. The molecule has 5 nitrogen and oxygen atoms in total. The lowest BCUT2D eigenvalue weighted by molar-refractivity contribution is 0.101. The summed E-state index contributed by atoms with van der Waals surface area (Å²) in [6.45, 7) is 2.19. The van der Waals surface area contributed by atoms with Gasteiger partial charge in [0.25, 0.3) is 5.91 Å². The first-order valence-corrected chi connectivity index (χ1v) is 9.25. The fourth-order valence-electron chi connectivity index (χ4n) is 2.68. The molecule has 1 amide bonds. The average molecular weight is 394 g/mol. The number of benzene rings is 2. The number of hydrogen-bond donors (Lipinski definition) is 2. The molecule has 0 aliphatic heterocycles. The van der Waals surface area contributed by atoms with Gasteiger partial charge < -0.3 is 10.6 Å². The maximum absolute atomic E-state index is 12.5. The van der Waals surface area contributed by atoms with Gasteiger partial charge in [0.15, 0.2) is 5.78 Å². The molecule has 0 unspecified atom stereocenters. The number of Topliss-reactive ketones (excluding diaryl/α,β-unsaturated/α-hetero) is 1. The van der Waals surface area contributed by atoms with E-state index in [9.17, 15) is 9.59 Å². The van der Waals surface area contributed by atoms with E-state index in [1.807, 2.05) is 24.3 Å². The molecule has 142 valence electrons. The number of nitrogens with one attached hydrogen (secondary N) is 2.